The highest BCUT2D eigenvalue weighted by atomic mass is 32.2. The number of carboxylic acid groups (broad SMARTS) is 1. The first kappa shape index (κ1) is 19.6. The van der Waals surface area contributed by atoms with E-state index in [1.807, 2.05) is 36.4 Å². The molecule has 23 heavy (non-hydrogen) atoms. The maximum atomic E-state index is 11.1. The summed E-state index contributed by atoms with van der Waals surface area (Å²) < 4.78 is 32.7. The van der Waals surface area contributed by atoms with E-state index in [1.54, 1.807) is 0 Å². The normalized spacial score (nSPS) is 16.9. The molecule has 1 heterocycles. The second-order valence-corrected chi connectivity index (χ2v) is 7.61. The molecule has 2 rings (SSSR count). The minimum atomic E-state index is -3.31. The predicted octanol–water partition coefficient (Wildman–Crippen LogP) is 1.61. The third-order valence-electron chi connectivity index (χ3n) is 3.22. The Morgan fingerprint density at radius 1 is 1.17 bits per heavy atom. The van der Waals surface area contributed by atoms with E-state index >= 15 is 0 Å². The molecular weight excluding hydrogens is 320 g/mol. The van der Waals surface area contributed by atoms with E-state index < -0.39 is 21.7 Å². The second-order valence-electron chi connectivity index (χ2n) is 5.43. The van der Waals surface area contributed by atoms with Gasteiger partial charge in [-0.15, -0.1) is 0 Å². The van der Waals surface area contributed by atoms with Gasteiger partial charge in [-0.1, -0.05) is 36.4 Å². The summed E-state index contributed by atoms with van der Waals surface area (Å²) >= 11 is 0. The van der Waals surface area contributed by atoms with Crippen LogP contribution < -0.4 is 0 Å². The summed E-state index contributed by atoms with van der Waals surface area (Å²) in [6.45, 7) is 1.15. The fourth-order valence-electron chi connectivity index (χ4n) is 2.04. The van der Waals surface area contributed by atoms with Crippen LogP contribution in [0.3, 0.4) is 0 Å². The van der Waals surface area contributed by atoms with Crippen molar-refractivity contribution in [1.82, 2.24) is 0 Å². The molecule has 0 radical (unpaired) electrons. The maximum Gasteiger partial charge on any atom is 0.309 e. The van der Waals surface area contributed by atoms with Crippen molar-refractivity contribution in [2.75, 3.05) is 31.8 Å². The predicted molar refractivity (Wildman–Crippen MR) is 87.1 cm³/mol. The Kier molecular flexibility index (Phi) is 8.83. The zero-order chi connectivity index (χ0) is 17.1. The summed E-state index contributed by atoms with van der Waals surface area (Å²) in [6, 6.07) is 12.0. The molecule has 0 aliphatic carbocycles. The average Bonchev–Trinajstić information content (AvgIpc) is 2.53. The molecule has 7 heteroatoms. The molecule has 1 aliphatic rings. The molecule has 1 aliphatic heterocycles. The molecule has 1 unspecified atom stereocenters. The molecule has 0 saturated carbocycles. The molecule has 0 spiro atoms. The number of ether oxygens (including phenoxy) is 2. The van der Waals surface area contributed by atoms with Crippen molar-refractivity contribution in [3.63, 3.8) is 0 Å². The van der Waals surface area contributed by atoms with E-state index in [0.717, 1.165) is 19.1 Å². The van der Waals surface area contributed by atoms with E-state index in [-0.39, 0.29) is 18.5 Å². The maximum absolute atomic E-state index is 11.1. The lowest BCUT2D eigenvalue weighted by Crippen LogP contribution is -2.31. The van der Waals surface area contributed by atoms with Crippen molar-refractivity contribution in [2.45, 2.75) is 18.9 Å². The SMILES string of the molecule is CS(=O)(=O)CC(COC1CCOCC1)C(=O)O.c1ccccc1. The van der Waals surface area contributed by atoms with Gasteiger partial charge in [0.2, 0.25) is 0 Å². The molecule has 0 aromatic heterocycles. The van der Waals surface area contributed by atoms with Crippen molar-refractivity contribution in [3.05, 3.63) is 36.4 Å². The smallest absolute Gasteiger partial charge is 0.309 e. The number of benzene rings is 1. The van der Waals surface area contributed by atoms with Crippen LogP contribution in [0.15, 0.2) is 36.4 Å². The number of hydrogen-bond donors (Lipinski definition) is 1. The third-order valence-corrected chi connectivity index (χ3v) is 4.23. The van der Waals surface area contributed by atoms with Gasteiger partial charge in [0.05, 0.1) is 24.4 Å². The van der Waals surface area contributed by atoms with Gasteiger partial charge in [-0.2, -0.15) is 0 Å². The van der Waals surface area contributed by atoms with E-state index in [0.29, 0.717) is 13.2 Å². The zero-order valence-electron chi connectivity index (χ0n) is 13.3. The average molecular weight is 344 g/mol. The number of rotatable bonds is 6. The molecular formula is C16H24O6S. The fourth-order valence-corrected chi connectivity index (χ4v) is 3.01. The van der Waals surface area contributed by atoms with Crippen LogP contribution in [0.25, 0.3) is 0 Å². The highest BCUT2D eigenvalue weighted by Gasteiger charge is 2.25. The van der Waals surface area contributed by atoms with Crippen LogP contribution in [0.5, 0.6) is 0 Å². The molecule has 6 nitrogen and oxygen atoms in total. The lowest BCUT2D eigenvalue weighted by atomic mass is 10.1. The lowest BCUT2D eigenvalue weighted by molar-refractivity contribution is -0.144. The van der Waals surface area contributed by atoms with Crippen molar-refractivity contribution >= 4 is 15.8 Å². The Hall–Kier alpha value is -1.44. The summed E-state index contributed by atoms with van der Waals surface area (Å²) in [4.78, 5) is 10.9. The Balaban J connectivity index is 0.000000366. The van der Waals surface area contributed by atoms with E-state index in [4.69, 9.17) is 14.6 Å². The standard InChI is InChI=1S/C10H18O6S.C6H6/c1-17(13,14)7-8(10(11)12)6-16-9-2-4-15-5-3-9;1-2-4-6-5-3-1/h8-9H,2-7H2,1H3,(H,11,12);1-6H. The van der Waals surface area contributed by atoms with E-state index in [1.165, 1.54) is 0 Å². The minimum Gasteiger partial charge on any atom is -0.481 e. The van der Waals surface area contributed by atoms with Crippen LogP contribution in [-0.4, -0.2) is 57.4 Å². The summed E-state index contributed by atoms with van der Waals surface area (Å²) in [6.07, 6.45) is 2.46. The Morgan fingerprint density at radius 2 is 1.65 bits per heavy atom. The van der Waals surface area contributed by atoms with Gasteiger partial charge in [-0.3, -0.25) is 4.79 Å². The van der Waals surface area contributed by atoms with Gasteiger partial charge in [-0.25, -0.2) is 8.42 Å². The van der Waals surface area contributed by atoms with Crippen LogP contribution in [0.1, 0.15) is 12.8 Å². The summed E-state index contributed by atoms with van der Waals surface area (Å²) in [7, 11) is -3.31. The van der Waals surface area contributed by atoms with E-state index in [2.05, 4.69) is 0 Å². The number of hydrogen-bond acceptors (Lipinski definition) is 5. The molecule has 1 N–H and O–H groups in total. The zero-order valence-corrected chi connectivity index (χ0v) is 14.1. The van der Waals surface area contributed by atoms with Crippen LogP contribution in [0.4, 0.5) is 0 Å². The summed E-state index contributed by atoms with van der Waals surface area (Å²) in [5.74, 6) is -2.51. The topological polar surface area (TPSA) is 89.9 Å². The molecule has 1 aromatic rings. The van der Waals surface area contributed by atoms with E-state index in [9.17, 15) is 13.2 Å². The molecule has 1 fully saturated rings. The molecule has 1 saturated heterocycles. The Labute approximate surface area is 137 Å². The van der Waals surface area contributed by atoms with Crippen molar-refractivity contribution < 1.29 is 27.8 Å². The highest BCUT2D eigenvalue weighted by molar-refractivity contribution is 7.90. The van der Waals surface area contributed by atoms with Crippen molar-refractivity contribution in [3.8, 4) is 0 Å². The van der Waals surface area contributed by atoms with Gasteiger partial charge in [0.15, 0.2) is 0 Å². The van der Waals surface area contributed by atoms with Gasteiger partial charge in [0, 0.05) is 19.5 Å². The monoisotopic (exact) mass is 344 g/mol. The highest BCUT2D eigenvalue weighted by Crippen LogP contribution is 2.13. The van der Waals surface area contributed by atoms with Crippen LogP contribution >= 0.6 is 0 Å². The summed E-state index contributed by atoms with van der Waals surface area (Å²) in [5, 5.41) is 8.90. The first-order chi connectivity index (χ1) is 10.9. The van der Waals surface area contributed by atoms with Gasteiger partial charge >= 0.3 is 5.97 Å². The largest absolute Gasteiger partial charge is 0.481 e. The Bertz CT molecular complexity index is 510. The third kappa shape index (κ3) is 10.0. The molecule has 1 aromatic carbocycles. The number of sulfone groups is 1. The van der Waals surface area contributed by atoms with Crippen molar-refractivity contribution in [2.24, 2.45) is 5.92 Å². The van der Waals surface area contributed by atoms with Crippen LogP contribution in [0, 0.1) is 5.92 Å². The first-order valence-corrected chi connectivity index (χ1v) is 9.54. The van der Waals surface area contributed by atoms with Crippen molar-refractivity contribution in [1.29, 1.82) is 0 Å². The Morgan fingerprint density at radius 3 is 2.04 bits per heavy atom. The quantitative estimate of drug-likeness (QED) is 0.843. The molecule has 130 valence electrons. The van der Waals surface area contributed by atoms with Crippen LogP contribution in [-0.2, 0) is 24.1 Å². The van der Waals surface area contributed by atoms with Gasteiger partial charge in [0.1, 0.15) is 9.84 Å². The minimum absolute atomic E-state index is 0.0230. The lowest BCUT2D eigenvalue weighted by Gasteiger charge is -2.23. The number of carbonyl (C=O) groups is 1. The molecule has 1 atom stereocenters. The second kappa shape index (κ2) is 10.4. The molecule has 0 bridgehead atoms. The fraction of sp³-hybridized carbons (Fsp3) is 0.562. The van der Waals surface area contributed by atoms with Gasteiger partial charge < -0.3 is 14.6 Å². The number of aliphatic carboxylic acids is 1. The van der Waals surface area contributed by atoms with Gasteiger partial charge in [-0.05, 0) is 12.8 Å². The van der Waals surface area contributed by atoms with Crippen LogP contribution in [0.2, 0.25) is 0 Å². The first-order valence-electron chi connectivity index (χ1n) is 7.48. The molecule has 0 amide bonds. The summed E-state index contributed by atoms with van der Waals surface area (Å²) in [5.41, 5.74) is 0. The van der Waals surface area contributed by atoms with Gasteiger partial charge in [0.25, 0.3) is 0 Å². The number of carboxylic acids is 1.